The van der Waals surface area contributed by atoms with Crippen molar-refractivity contribution in [2.24, 2.45) is 0 Å². The highest BCUT2D eigenvalue weighted by Crippen LogP contribution is 2.32. The fraction of sp³-hybridized carbons (Fsp3) is 0.533. The second-order valence-corrected chi connectivity index (χ2v) is 5.75. The third kappa shape index (κ3) is 2.39. The molecule has 0 aliphatic carbocycles. The van der Waals surface area contributed by atoms with Gasteiger partial charge in [-0.1, -0.05) is 29.8 Å². The van der Waals surface area contributed by atoms with Crippen LogP contribution in [-0.4, -0.2) is 47.4 Å². The summed E-state index contributed by atoms with van der Waals surface area (Å²) in [7, 11) is 0. The Kier molecular flexibility index (Phi) is 3.40. The number of nitrogens with zero attached hydrogens (tertiary/aromatic N) is 1. The number of β-amino-alcohol motifs (C(OH)–C–C–N with tert-alkyl or cyclic N) is 1. The molecule has 0 radical (unpaired) electrons. The molecule has 2 heterocycles. The van der Waals surface area contributed by atoms with Crippen molar-refractivity contribution < 1.29 is 14.6 Å². The Morgan fingerprint density at radius 2 is 2.40 bits per heavy atom. The molecule has 5 nitrogen and oxygen atoms in total. The number of carbonyl (C=O) groups excluding carboxylic acids is 1. The van der Waals surface area contributed by atoms with E-state index in [1.807, 2.05) is 25.1 Å². The smallest absolute Gasteiger partial charge is 0.410 e. The molecule has 0 unspecified atom stereocenters. The standard InChI is InChI=1S/C15H20N2O3/c1-11-3-2-4-12(7-11)9-17-10-15(20-14(17)19)5-6-16-8-13(15)18/h2-4,7,13,16,18H,5-6,8-10H2,1H3/t13-,15-/m0/s1. The Morgan fingerprint density at radius 1 is 1.55 bits per heavy atom. The molecule has 1 aromatic carbocycles. The molecule has 20 heavy (non-hydrogen) atoms. The zero-order valence-electron chi connectivity index (χ0n) is 11.6. The quantitative estimate of drug-likeness (QED) is 0.847. The van der Waals surface area contributed by atoms with E-state index < -0.39 is 11.7 Å². The highest BCUT2D eigenvalue weighted by molar-refractivity contribution is 5.71. The van der Waals surface area contributed by atoms with Gasteiger partial charge in [0.25, 0.3) is 0 Å². The second kappa shape index (κ2) is 5.07. The Morgan fingerprint density at radius 3 is 3.15 bits per heavy atom. The van der Waals surface area contributed by atoms with Crippen LogP contribution < -0.4 is 5.32 Å². The zero-order valence-corrected chi connectivity index (χ0v) is 11.6. The molecule has 1 amide bonds. The molecule has 1 spiro atoms. The number of hydrogen-bond acceptors (Lipinski definition) is 4. The summed E-state index contributed by atoms with van der Waals surface area (Å²) >= 11 is 0. The lowest BCUT2D eigenvalue weighted by molar-refractivity contribution is -0.0693. The zero-order chi connectivity index (χ0) is 14.2. The Hall–Kier alpha value is -1.59. The summed E-state index contributed by atoms with van der Waals surface area (Å²) in [6.07, 6.45) is -0.306. The molecule has 3 rings (SSSR count). The van der Waals surface area contributed by atoms with Crippen LogP contribution in [0.3, 0.4) is 0 Å². The van der Waals surface area contributed by atoms with Gasteiger partial charge < -0.3 is 15.2 Å². The minimum absolute atomic E-state index is 0.326. The van der Waals surface area contributed by atoms with Crippen LogP contribution in [0.5, 0.6) is 0 Å². The Labute approximate surface area is 118 Å². The maximum atomic E-state index is 12.1. The van der Waals surface area contributed by atoms with Crippen LogP contribution in [0, 0.1) is 6.92 Å². The highest BCUT2D eigenvalue weighted by Gasteiger charge is 2.51. The molecule has 2 saturated heterocycles. The Bertz CT molecular complexity index is 520. The van der Waals surface area contributed by atoms with Gasteiger partial charge in [-0.15, -0.1) is 0 Å². The summed E-state index contributed by atoms with van der Waals surface area (Å²) in [6, 6.07) is 8.09. The normalized spacial score (nSPS) is 29.8. The van der Waals surface area contributed by atoms with Gasteiger partial charge in [0.1, 0.15) is 6.10 Å². The molecule has 2 atom stereocenters. The number of rotatable bonds is 2. The molecular weight excluding hydrogens is 256 g/mol. The summed E-state index contributed by atoms with van der Waals surface area (Å²) in [5.41, 5.74) is 1.53. The van der Waals surface area contributed by atoms with Crippen LogP contribution >= 0.6 is 0 Å². The van der Waals surface area contributed by atoms with Crippen molar-refractivity contribution in [1.82, 2.24) is 10.2 Å². The van der Waals surface area contributed by atoms with Gasteiger partial charge in [0, 0.05) is 19.5 Å². The number of hydrogen-bond donors (Lipinski definition) is 2. The third-order valence-corrected chi connectivity index (χ3v) is 4.13. The van der Waals surface area contributed by atoms with E-state index in [-0.39, 0.29) is 6.09 Å². The van der Waals surface area contributed by atoms with E-state index in [1.165, 1.54) is 5.56 Å². The number of piperidine rings is 1. The molecule has 5 heteroatoms. The van der Waals surface area contributed by atoms with E-state index in [9.17, 15) is 9.90 Å². The van der Waals surface area contributed by atoms with Gasteiger partial charge in [0.2, 0.25) is 0 Å². The number of carbonyl (C=O) groups is 1. The maximum Gasteiger partial charge on any atom is 0.410 e. The number of amides is 1. The number of aryl methyl sites for hydroxylation is 1. The summed E-state index contributed by atoms with van der Waals surface area (Å²) in [5, 5.41) is 13.3. The number of aliphatic hydroxyl groups is 1. The van der Waals surface area contributed by atoms with Crippen LogP contribution in [0.4, 0.5) is 4.79 Å². The van der Waals surface area contributed by atoms with Crippen molar-refractivity contribution in [1.29, 1.82) is 0 Å². The number of aliphatic hydroxyl groups excluding tert-OH is 1. The van der Waals surface area contributed by atoms with Crippen LogP contribution in [0.2, 0.25) is 0 Å². The monoisotopic (exact) mass is 276 g/mol. The topological polar surface area (TPSA) is 61.8 Å². The van der Waals surface area contributed by atoms with Gasteiger partial charge in [-0.05, 0) is 19.0 Å². The molecule has 2 fully saturated rings. The molecule has 0 saturated carbocycles. The predicted molar refractivity (Wildman–Crippen MR) is 74.3 cm³/mol. The lowest BCUT2D eigenvalue weighted by Crippen LogP contribution is -2.56. The lowest BCUT2D eigenvalue weighted by atomic mass is 9.89. The number of nitrogens with one attached hydrogen (secondary N) is 1. The average Bonchev–Trinajstić information content (AvgIpc) is 2.71. The fourth-order valence-electron chi connectivity index (χ4n) is 3.00. The van der Waals surface area contributed by atoms with E-state index >= 15 is 0 Å². The molecule has 2 aliphatic heterocycles. The van der Waals surface area contributed by atoms with Gasteiger partial charge in [0.05, 0.1) is 6.54 Å². The lowest BCUT2D eigenvalue weighted by Gasteiger charge is -2.36. The predicted octanol–water partition coefficient (Wildman–Crippen LogP) is 1.04. The molecule has 0 bridgehead atoms. The van der Waals surface area contributed by atoms with E-state index in [0.717, 1.165) is 12.1 Å². The van der Waals surface area contributed by atoms with Gasteiger partial charge in [-0.25, -0.2) is 4.79 Å². The molecular formula is C15H20N2O3. The first-order chi connectivity index (χ1) is 9.59. The SMILES string of the molecule is Cc1cccc(CN2C[C@]3(CCNC[C@@H]3O)OC2=O)c1. The molecule has 2 N–H and O–H groups in total. The maximum absolute atomic E-state index is 12.1. The molecule has 108 valence electrons. The first-order valence-corrected chi connectivity index (χ1v) is 7.01. The first kappa shape index (κ1) is 13.4. The Balaban J connectivity index is 1.74. The fourth-order valence-corrected chi connectivity index (χ4v) is 3.00. The van der Waals surface area contributed by atoms with Gasteiger partial charge in [-0.2, -0.15) is 0 Å². The van der Waals surface area contributed by atoms with E-state index in [0.29, 0.717) is 26.1 Å². The van der Waals surface area contributed by atoms with Crippen molar-refractivity contribution in [2.45, 2.75) is 31.6 Å². The summed E-state index contributed by atoms with van der Waals surface area (Å²) in [4.78, 5) is 13.7. The van der Waals surface area contributed by atoms with E-state index in [4.69, 9.17) is 4.74 Å². The van der Waals surface area contributed by atoms with Crippen molar-refractivity contribution in [3.05, 3.63) is 35.4 Å². The van der Waals surface area contributed by atoms with Crippen LogP contribution in [0.25, 0.3) is 0 Å². The largest absolute Gasteiger partial charge is 0.438 e. The van der Waals surface area contributed by atoms with Crippen LogP contribution in [0.15, 0.2) is 24.3 Å². The van der Waals surface area contributed by atoms with Crippen LogP contribution in [0.1, 0.15) is 17.5 Å². The van der Waals surface area contributed by atoms with Gasteiger partial charge >= 0.3 is 6.09 Å². The van der Waals surface area contributed by atoms with E-state index in [2.05, 4.69) is 11.4 Å². The van der Waals surface area contributed by atoms with Crippen LogP contribution in [-0.2, 0) is 11.3 Å². The average molecular weight is 276 g/mol. The minimum Gasteiger partial charge on any atom is -0.438 e. The van der Waals surface area contributed by atoms with Gasteiger partial charge in [-0.3, -0.25) is 4.90 Å². The summed E-state index contributed by atoms with van der Waals surface area (Å²) in [6.45, 7) is 4.27. The molecule has 1 aromatic rings. The van der Waals surface area contributed by atoms with Crippen molar-refractivity contribution in [3.8, 4) is 0 Å². The first-order valence-electron chi connectivity index (χ1n) is 7.01. The highest BCUT2D eigenvalue weighted by atomic mass is 16.6. The third-order valence-electron chi connectivity index (χ3n) is 4.13. The van der Waals surface area contributed by atoms with E-state index in [1.54, 1.807) is 4.90 Å². The minimum atomic E-state index is -0.730. The molecule has 0 aromatic heterocycles. The molecule has 2 aliphatic rings. The summed E-state index contributed by atoms with van der Waals surface area (Å²) in [5.74, 6) is 0. The van der Waals surface area contributed by atoms with Crippen molar-refractivity contribution in [2.75, 3.05) is 19.6 Å². The number of benzene rings is 1. The van der Waals surface area contributed by atoms with Crippen molar-refractivity contribution >= 4 is 6.09 Å². The number of ether oxygens (including phenoxy) is 1. The van der Waals surface area contributed by atoms with Gasteiger partial charge in [0.15, 0.2) is 5.60 Å². The second-order valence-electron chi connectivity index (χ2n) is 5.75. The summed E-state index contributed by atoms with van der Waals surface area (Å²) < 4.78 is 5.51. The van der Waals surface area contributed by atoms with Crippen molar-refractivity contribution in [3.63, 3.8) is 0 Å².